The van der Waals surface area contributed by atoms with E-state index in [1.54, 1.807) is 25.2 Å². The van der Waals surface area contributed by atoms with Crippen LogP contribution in [0.4, 0.5) is 4.79 Å². The molecule has 7 nitrogen and oxygen atoms in total. The summed E-state index contributed by atoms with van der Waals surface area (Å²) in [6, 6.07) is 3.74. The Bertz CT molecular complexity index is 666. The highest BCUT2D eigenvalue weighted by atomic mass is 32.1. The van der Waals surface area contributed by atoms with E-state index in [4.69, 9.17) is 0 Å². The van der Waals surface area contributed by atoms with Crippen molar-refractivity contribution in [3.8, 4) is 0 Å². The van der Waals surface area contributed by atoms with E-state index >= 15 is 0 Å². The highest BCUT2D eigenvalue weighted by Crippen LogP contribution is 2.21. The number of imide groups is 1. The van der Waals surface area contributed by atoms with Crippen LogP contribution in [-0.4, -0.2) is 59.4 Å². The van der Waals surface area contributed by atoms with E-state index in [1.165, 1.54) is 9.78 Å². The first-order chi connectivity index (χ1) is 12.4. The zero-order valence-corrected chi connectivity index (χ0v) is 16.1. The molecule has 2 fully saturated rings. The summed E-state index contributed by atoms with van der Waals surface area (Å²) in [4.78, 5) is 40.9. The quantitative estimate of drug-likeness (QED) is 0.734. The number of amides is 4. The van der Waals surface area contributed by atoms with E-state index in [9.17, 15) is 14.4 Å². The molecule has 0 radical (unpaired) electrons. The number of piperidine rings is 1. The molecule has 0 spiro atoms. The third-order valence-electron chi connectivity index (χ3n) is 5.25. The van der Waals surface area contributed by atoms with Crippen LogP contribution in [0.1, 0.15) is 31.6 Å². The molecule has 0 bridgehead atoms. The molecule has 0 aromatic carbocycles. The largest absolute Gasteiger partial charge is 0.354 e. The molecule has 2 N–H and O–H groups in total. The smallest absolute Gasteiger partial charge is 0.325 e. The number of carbonyl (C=O) groups excluding carboxylic acids is 3. The SMILES string of the molecule is CC1(C)C(=O)NC(=O)N1CC(=O)NCC1CCN(Cc2cccs2)CC1. The third-order valence-corrected chi connectivity index (χ3v) is 6.11. The van der Waals surface area contributed by atoms with Crippen LogP contribution in [0.3, 0.4) is 0 Å². The van der Waals surface area contributed by atoms with Crippen molar-refractivity contribution in [2.75, 3.05) is 26.2 Å². The molecule has 2 aliphatic heterocycles. The number of rotatable bonds is 6. The van der Waals surface area contributed by atoms with Crippen LogP contribution in [0.5, 0.6) is 0 Å². The van der Waals surface area contributed by atoms with Gasteiger partial charge >= 0.3 is 6.03 Å². The van der Waals surface area contributed by atoms with Gasteiger partial charge in [-0.2, -0.15) is 0 Å². The van der Waals surface area contributed by atoms with E-state index in [2.05, 4.69) is 33.0 Å². The van der Waals surface area contributed by atoms with Crippen molar-refractivity contribution >= 4 is 29.2 Å². The maximum Gasteiger partial charge on any atom is 0.325 e. The molecule has 2 saturated heterocycles. The summed E-state index contributed by atoms with van der Waals surface area (Å²) in [7, 11) is 0. The van der Waals surface area contributed by atoms with Crippen LogP contribution in [0.25, 0.3) is 0 Å². The Morgan fingerprint density at radius 3 is 2.65 bits per heavy atom. The molecule has 0 aliphatic carbocycles. The molecule has 3 rings (SSSR count). The standard InChI is InChI=1S/C18H26N4O3S/c1-18(2)16(24)20-17(25)22(18)12-15(23)19-10-13-5-7-21(8-6-13)11-14-4-3-9-26-14/h3-4,9,13H,5-8,10-12H2,1-2H3,(H,19,23)(H,20,24,25). The van der Waals surface area contributed by atoms with Crippen LogP contribution in [0.2, 0.25) is 0 Å². The second-order valence-corrected chi connectivity index (χ2v) is 8.54. The number of carbonyl (C=O) groups is 3. The van der Waals surface area contributed by atoms with Crippen molar-refractivity contribution in [1.29, 1.82) is 0 Å². The topological polar surface area (TPSA) is 81.8 Å². The fourth-order valence-electron chi connectivity index (χ4n) is 3.39. The van der Waals surface area contributed by atoms with Gasteiger partial charge in [0.05, 0.1) is 0 Å². The van der Waals surface area contributed by atoms with Gasteiger partial charge in [-0.1, -0.05) is 6.07 Å². The maximum atomic E-state index is 12.2. The van der Waals surface area contributed by atoms with Crippen molar-refractivity contribution in [3.05, 3.63) is 22.4 Å². The lowest BCUT2D eigenvalue weighted by atomic mass is 9.96. The van der Waals surface area contributed by atoms with Gasteiger partial charge in [0, 0.05) is 18.0 Å². The Morgan fingerprint density at radius 1 is 1.35 bits per heavy atom. The Kier molecular flexibility index (Phi) is 5.62. The minimum atomic E-state index is -0.985. The van der Waals surface area contributed by atoms with Crippen molar-refractivity contribution < 1.29 is 14.4 Å². The van der Waals surface area contributed by atoms with Gasteiger partial charge in [-0.15, -0.1) is 11.3 Å². The molecule has 0 atom stereocenters. The Balaban J connectivity index is 1.39. The number of thiophene rings is 1. The normalized spacial score (nSPS) is 21.1. The van der Waals surface area contributed by atoms with Crippen molar-refractivity contribution in [3.63, 3.8) is 0 Å². The molecule has 1 aromatic rings. The highest BCUT2D eigenvalue weighted by Gasteiger charge is 2.46. The van der Waals surface area contributed by atoms with Crippen LogP contribution >= 0.6 is 11.3 Å². The third kappa shape index (κ3) is 4.24. The maximum absolute atomic E-state index is 12.2. The molecule has 3 heterocycles. The fraction of sp³-hybridized carbons (Fsp3) is 0.611. The van der Waals surface area contributed by atoms with Crippen LogP contribution in [0.15, 0.2) is 17.5 Å². The molecule has 26 heavy (non-hydrogen) atoms. The first-order valence-electron chi connectivity index (χ1n) is 9.01. The van der Waals surface area contributed by atoms with E-state index < -0.39 is 11.6 Å². The number of hydrogen-bond donors (Lipinski definition) is 2. The second-order valence-electron chi connectivity index (χ2n) is 7.51. The summed E-state index contributed by atoms with van der Waals surface area (Å²) < 4.78 is 0. The van der Waals surface area contributed by atoms with Gasteiger partial charge in [0.25, 0.3) is 5.91 Å². The molecule has 8 heteroatoms. The first-order valence-corrected chi connectivity index (χ1v) is 9.88. The lowest BCUT2D eigenvalue weighted by Gasteiger charge is -2.32. The van der Waals surface area contributed by atoms with Crippen molar-refractivity contribution in [2.24, 2.45) is 5.92 Å². The van der Waals surface area contributed by atoms with E-state index in [0.29, 0.717) is 12.5 Å². The fourth-order valence-corrected chi connectivity index (χ4v) is 4.14. The minimum absolute atomic E-state index is 0.0954. The average Bonchev–Trinajstić information content (AvgIpc) is 3.17. The van der Waals surface area contributed by atoms with Crippen molar-refractivity contribution in [2.45, 2.75) is 38.8 Å². The minimum Gasteiger partial charge on any atom is -0.354 e. The predicted molar refractivity (Wildman–Crippen MR) is 99.7 cm³/mol. The van der Waals surface area contributed by atoms with Gasteiger partial charge in [0.15, 0.2) is 0 Å². The van der Waals surface area contributed by atoms with E-state index in [-0.39, 0.29) is 18.4 Å². The Morgan fingerprint density at radius 2 is 2.08 bits per heavy atom. The molecule has 0 unspecified atom stereocenters. The molecule has 4 amide bonds. The summed E-state index contributed by atoms with van der Waals surface area (Å²) in [6.45, 7) is 6.89. The Labute approximate surface area is 157 Å². The van der Waals surface area contributed by atoms with E-state index in [1.807, 2.05) is 0 Å². The zero-order valence-electron chi connectivity index (χ0n) is 15.3. The molecule has 0 saturated carbocycles. The number of urea groups is 1. The van der Waals surface area contributed by atoms with Gasteiger partial charge in [0.1, 0.15) is 12.1 Å². The monoisotopic (exact) mass is 378 g/mol. The lowest BCUT2D eigenvalue weighted by Crippen LogP contribution is -2.49. The zero-order chi connectivity index (χ0) is 18.7. The van der Waals surface area contributed by atoms with Gasteiger partial charge in [-0.25, -0.2) is 4.79 Å². The van der Waals surface area contributed by atoms with Crippen LogP contribution < -0.4 is 10.6 Å². The lowest BCUT2D eigenvalue weighted by molar-refractivity contribution is -0.127. The van der Waals surface area contributed by atoms with Crippen molar-refractivity contribution in [1.82, 2.24) is 20.4 Å². The Hall–Kier alpha value is -1.93. The molecule has 142 valence electrons. The van der Waals surface area contributed by atoms with Gasteiger partial charge in [-0.3, -0.25) is 19.8 Å². The summed E-state index contributed by atoms with van der Waals surface area (Å²) in [5.41, 5.74) is -0.985. The predicted octanol–water partition coefficient (Wildman–Crippen LogP) is 1.41. The molecular weight excluding hydrogens is 352 g/mol. The molecular formula is C18H26N4O3S. The van der Waals surface area contributed by atoms with Gasteiger partial charge in [0.2, 0.25) is 5.91 Å². The summed E-state index contributed by atoms with van der Waals surface area (Å²) in [5.74, 6) is -0.127. The van der Waals surface area contributed by atoms with Crippen LogP contribution in [-0.2, 0) is 16.1 Å². The number of nitrogens with one attached hydrogen (secondary N) is 2. The summed E-state index contributed by atoms with van der Waals surface area (Å²) in [5, 5.41) is 7.28. The summed E-state index contributed by atoms with van der Waals surface area (Å²) >= 11 is 1.79. The second kappa shape index (κ2) is 7.75. The van der Waals surface area contributed by atoms with Gasteiger partial charge < -0.3 is 10.2 Å². The molecule has 2 aliphatic rings. The average molecular weight is 378 g/mol. The number of nitrogens with zero attached hydrogens (tertiary/aromatic N) is 2. The number of hydrogen-bond acceptors (Lipinski definition) is 5. The van der Waals surface area contributed by atoms with Crippen LogP contribution in [0, 0.1) is 5.92 Å². The molecule has 1 aromatic heterocycles. The highest BCUT2D eigenvalue weighted by molar-refractivity contribution is 7.09. The summed E-state index contributed by atoms with van der Waals surface area (Å²) in [6.07, 6.45) is 2.11. The van der Waals surface area contributed by atoms with E-state index in [0.717, 1.165) is 32.5 Å². The first kappa shape index (κ1) is 18.8. The van der Waals surface area contributed by atoms with Gasteiger partial charge in [-0.05, 0) is 57.1 Å². The number of likely N-dealkylation sites (tertiary alicyclic amines) is 1.